The average Bonchev–Trinajstić information content (AvgIpc) is 2.96. The summed E-state index contributed by atoms with van der Waals surface area (Å²) in [6, 6.07) is 3.40. The van der Waals surface area contributed by atoms with Crippen molar-refractivity contribution >= 4 is 11.7 Å². The Morgan fingerprint density at radius 3 is 3.17 bits per heavy atom. The number of nitrogens with zero attached hydrogens (tertiary/aromatic N) is 2. The van der Waals surface area contributed by atoms with Crippen molar-refractivity contribution in [3.63, 3.8) is 0 Å². The molecule has 7 heteroatoms. The number of aromatic nitrogens is 3. The van der Waals surface area contributed by atoms with Crippen LogP contribution in [-0.4, -0.2) is 33.4 Å². The molecule has 3 N–H and O–H groups in total. The van der Waals surface area contributed by atoms with Crippen LogP contribution < -0.4 is 15.4 Å². The Bertz CT molecular complexity index is 683. The van der Waals surface area contributed by atoms with Crippen molar-refractivity contribution < 1.29 is 9.53 Å². The molecule has 1 aliphatic carbocycles. The van der Waals surface area contributed by atoms with Crippen molar-refractivity contribution in [3.8, 4) is 5.88 Å². The third kappa shape index (κ3) is 3.80. The number of hydrogen-bond acceptors (Lipinski definition) is 4. The molecule has 0 aromatic carbocycles. The number of carbonyl (C=O) groups is 1. The maximum absolute atomic E-state index is 12.2. The van der Waals surface area contributed by atoms with Crippen molar-refractivity contribution in [1.82, 2.24) is 20.5 Å². The Balaban J connectivity index is 1.60. The summed E-state index contributed by atoms with van der Waals surface area (Å²) in [6.45, 7) is 3.84. The van der Waals surface area contributed by atoms with Crippen molar-refractivity contribution in [2.75, 3.05) is 5.32 Å². The van der Waals surface area contributed by atoms with E-state index in [1.165, 1.54) is 11.3 Å². The van der Waals surface area contributed by atoms with E-state index in [0.717, 1.165) is 19.3 Å². The van der Waals surface area contributed by atoms with E-state index in [-0.39, 0.29) is 18.2 Å². The van der Waals surface area contributed by atoms with Gasteiger partial charge in [-0.05, 0) is 50.8 Å². The number of nitrogens with one attached hydrogen (secondary N) is 3. The fourth-order valence-corrected chi connectivity index (χ4v) is 2.69. The number of pyridine rings is 1. The van der Waals surface area contributed by atoms with E-state index < -0.39 is 0 Å². The van der Waals surface area contributed by atoms with Gasteiger partial charge >= 0.3 is 6.03 Å². The van der Waals surface area contributed by atoms with Crippen LogP contribution in [0.3, 0.4) is 0 Å². The lowest BCUT2D eigenvalue weighted by Gasteiger charge is -2.23. The predicted molar refractivity (Wildman–Crippen MR) is 86.6 cm³/mol. The molecule has 0 fully saturated rings. The lowest BCUT2D eigenvalue weighted by Crippen LogP contribution is -2.41. The minimum Gasteiger partial charge on any atom is -0.473 e. The van der Waals surface area contributed by atoms with Crippen LogP contribution in [0, 0.1) is 0 Å². The van der Waals surface area contributed by atoms with Gasteiger partial charge in [-0.15, -0.1) is 0 Å². The van der Waals surface area contributed by atoms with Crippen molar-refractivity contribution in [2.24, 2.45) is 0 Å². The van der Waals surface area contributed by atoms with Gasteiger partial charge in [0.15, 0.2) is 0 Å². The lowest BCUT2D eigenvalue weighted by atomic mass is 9.94. The number of H-pyrrole nitrogens is 1. The van der Waals surface area contributed by atoms with Crippen LogP contribution in [0.2, 0.25) is 0 Å². The molecule has 0 bridgehead atoms. The SMILES string of the molecule is CC(C)Oc1ncccc1NC(=O)N[C@H]1CCc2[nH]ncc2C1. The molecule has 0 saturated carbocycles. The molecule has 2 amide bonds. The number of fused-ring (bicyclic) bond motifs is 1. The van der Waals surface area contributed by atoms with E-state index in [1.807, 2.05) is 20.0 Å². The van der Waals surface area contributed by atoms with E-state index in [2.05, 4.69) is 25.8 Å². The Morgan fingerprint density at radius 2 is 2.35 bits per heavy atom. The number of rotatable bonds is 4. The first-order valence-electron chi connectivity index (χ1n) is 7.82. The van der Waals surface area contributed by atoms with Crippen LogP contribution >= 0.6 is 0 Å². The summed E-state index contributed by atoms with van der Waals surface area (Å²) in [4.78, 5) is 16.4. The number of aromatic amines is 1. The van der Waals surface area contributed by atoms with Gasteiger partial charge in [-0.1, -0.05) is 0 Å². The number of carbonyl (C=O) groups excluding carboxylic acids is 1. The standard InChI is InChI=1S/C16H21N5O2/c1-10(2)23-15-14(4-3-7-17-15)20-16(22)19-12-5-6-13-11(8-12)9-18-21-13/h3-4,7,9-10,12H,5-6,8H2,1-2H3,(H,18,21)(H2,19,20,22)/t12-/m0/s1. The summed E-state index contributed by atoms with van der Waals surface area (Å²) in [5.74, 6) is 0.429. The maximum atomic E-state index is 12.2. The minimum absolute atomic E-state index is 0.00799. The zero-order valence-corrected chi connectivity index (χ0v) is 13.3. The topological polar surface area (TPSA) is 91.9 Å². The second-order valence-corrected chi connectivity index (χ2v) is 5.93. The Labute approximate surface area is 134 Å². The number of amides is 2. The summed E-state index contributed by atoms with van der Waals surface area (Å²) in [7, 11) is 0. The van der Waals surface area contributed by atoms with Crippen LogP contribution in [0.4, 0.5) is 10.5 Å². The molecular weight excluding hydrogens is 294 g/mol. The Morgan fingerprint density at radius 1 is 1.48 bits per heavy atom. The van der Waals surface area contributed by atoms with Gasteiger partial charge in [0.25, 0.3) is 0 Å². The molecule has 23 heavy (non-hydrogen) atoms. The second-order valence-electron chi connectivity index (χ2n) is 5.93. The predicted octanol–water partition coefficient (Wildman–Crippen LogP) is 2.27. The Hall–Kier alpha value is -2.57. The molecule has 1 atom stereocenters. The Kier molecular flexibility index (Phi) is 4.45. The van der Waals surface area contributed by atoms with E-state index in [1.54, 1.807) is 18.3 Å². The zero-order chi connectivity index (χ0) is 16.2. The first-order chi connectivity index (χ1) is 11.1. The summed E-state index contributed by atoms with van der Waals surface area (Å²) in [5.41, 5.74) is 2.91. The highest BCUT2D eigenvalue weighted by Gasteiger charge is 2.22. The van der Waals surface area contributed by atoms with Gasteiger partial charge in [-0.2, -0.15) is 5.10 Å². The third-order valence-corrected chi connectivity index (χ3v) is 3.72. The van der Waals surface area contributed by atoms with Gasteiger partial charge in [0, 0.05) is 17.9 Å². The van der Waals surface area contributed by atoms with Gasteiger partial charge in [-0.3, -0.25) is 5.10 Å². The number of ether oxygens (including phenoxy) is 1. The number of urea groups is 1. The molecule has 0 unspecified atom stereocenters. The summed E-state index contributed by atoms with van der Waals surface area (Å²) >= 11 is 0. The van der Waals surface area contributed by atoms with Gasteiger partial charge in [0.05, 0.1) is 12.3 Å². The number of hydrogen-bond donors (Lipinski definition) is 3. The highest BCUT2D eigenvalue weighted by atomic mass is 16.5. The molecule has 2 aromatic rings. The van der Waals surface area contributed by atoms with Crippen LogP contribution in [0.15, 0.2) is 24.5 Å². The van der Waals surface area contributed by atoms with Gasteiger partial charge in [0.1, 0.15) is 5.69 Å². The van der Waals surface area contributed by atoms with E-state index in [4.69, 9.17) is 4.74 Å². The zero-order valence-electron chi connectivity index (χ0n) is 13.3. The fraction of sp³-hybridized carbons (Fsp3) is 0.438. The summed E-state index contributed by atoms with van der Waals surface area (Å²) < 4.78 is 5.61. The fourth-order valence-electron chi connectivity index (χ4n) is 2.69. The first-order valence-corrected chi connectivity index (χ1v) is 7.82. The molecule has 0 saturated heterocycles. The molecule has 0 aliphatic heterocycles. The smallest absolute Gasteiger partial charge is 0.319 e. The molecule has 3 rings (SSSR count). The van der Waals surface area contributed by atoms with Gasteiger partial charge in [-0.25, -0.2) is 9.78 Å². The van der Waals surface area contributed by atoms with Gasteiger partial charge < -0.3 is 15.4 Å². The molecule has 1 aliphatic rings. The van der Waals surface area contributed by atoms with Crippen molar-refractivity contribution in [1.29, 1.82) is 0 Å². The van der Waals surface area contributed by atoms with E-state index in [0.29, 0.717) is 11.6 Å². The monoisotopic (exact) mass is 315 g/mol. The highest BCUT2D eigenvalue weighted by Crippen LogP contribution is 2.22. The molecular formula is C16H21N5O2. The maximum Gasteiger partial charge on any atom is 0.319 e. The number of aryl methyl sites for hydroxylation is 1. The normalized spacial score (nSPS) is 16.7. The average molecular weight is 315 g/mol. The second kappa shape index (κ2) is 6.68. The molecule has 2 heterocycles. The van der Waals surface area contributed by atoms with Crippen LogP contribution in [0.1, 0.15) is 31.5 Å². The van der Waals surface area contributed by atoms with Gasteiger partial charge in [0.2, 0.25) is 5.88 Å². The first kappa shape index (κ1) is 15.3. The van der Waals surface area contributed by atoms with Crippen LogP contribution in [0.25, 0.3) is 0 Å². The molecule has 0 radical (unpaired) electrons. The quantitative estimate of drug-likeness (QED) is 0.807. The third-order valence-electron chi connectivity index (χ3n) is 3.72. The summed E-state index contributed by atoms with van der Waals surface area (Å²) in [5, 5.41) is 12.9. The largest absolute Gasteiger partial charge is 0.473 e. The van der Waals surface area contributed by atoms with E-state index in [9.17, 15) is 4.79 Å². The van der Waals surface area contributed by atoms with Crippen molar-refractivity contribution in [3.05, 3.63) is 35.8 Å². The van der Waals surface area contributed by atoms with Crippen LogP contribution in [0.5, 0.6) is 5.88 Å². The minimum atomic E-state index is -0.247. The van der Waals surface area contributed by atoms with Crippen molar-refractivity contribution in [2.45, 2.75) is 45.3 Å². The highest BCUT2D eigenvalue weighted by molar-refractivity contribution is 5.90. The number of anilines is 1. The van der Waals surface area contributed by atoms with Crippen LogP contribution in [-0.2, 0) is 12.8 Å². The summed E-state index contributed by atoms with van der Waals surface area (Å²) in [6.07, 6.45) is 6.05. The molecule has 122 valence electrons. The lowest BCUT2D eigenvalue weighted by molar-refractivity contribution is 0.232. The van der Waals surface area contributed by atoms with E-state index >= 15 is 0 Å². The molecule has 2 aromatic heterocycles. The molecule has 7 nitrogen and oxygen atoms in total. The molecule has 0 spiro atoms.